The van der Waals surface area contributed by atoms with Crippen LogP contribution in [0, 0.1) is 22.7 Å². The fraction of sp³-hybridized carbons (Fsp3) is 0.682. The van der Waals surface area contributed by atoms with Crippen molar-refractivity contribution in [3.63, 3.8) is 0 Å². The Labute approximate surface area is 453 Å². The SMILES string of the molecule is C[Si](C)(C)O[Si](C)(C)O[Si](C)(C)O[Si](C)(C)O[Si](C)(C)O[Si](C)(C)O[Si](C)(C)c1ccc(-c2ccc(C#N)c(C#N)c2)cc1[Si](C)(C)O[Si](C)(C)O[Si](C)(C)O[Si](C)(C)O[Si](C)(C)O[Si](C)(C)O[Si](C)(C)C. The second kappa shape index (κ2) is 23.4. The zero-order valence-electron chi connectivity index (χ0n) is 50.3. The van der Waals surface area contributed by atoms with Gasteiger partial charge in [-0.2, -0.15) is 10.5 Å². The van der Waals surface area contributed by atoms with Crippen molar-refractivity contribution in [2.45, 2.75) is 196 Å². The lowest BCUT2D eigenvalue weighted by Gasteiger charge is -2.45. The van der Waals surface area contributed by atoms with Gasteiger partial charge in [0.2, 0.25) is 16.6 Å². The Kier molecular flexibility index (Phi) is 22.1. The van der Waals surface area contributed by atoms with E-state index in [1.165, 1.54) is 0 Å². The van der Waals surface area contributed by atoms with Crippen LogP contribution in [-0.2, 0) is 49.4 Å². The summed E-state index contributed by atoms with van der Waals surface area (Å²) in [6, 6.07) is 16.2. The van der Waals surface area contributed by atoms with Crippen LogP contribution in [-0.4, -0.2) is 119 Å². The highest BCUT2D eigenvalue weighted by Gasteiger charge is 2.52. The van der Waals surface area contributed by atoms with Crippen molar-refractivity contribution < 1.29 is 49.4 Å². The fourth-order valence-corrected chi connectivity index (χ4v) is 80.5. The van der Waals surface area contributed by atoms with Crippen LogP contribution < -0.4 is 10.4 Å². The molecule has 0 aliphatic heterocycles. The first-order valence-electron chi connectivity index (χ1n) is 25.1. The Morgan fingerprint density at radius 1 is 0.264 bits per heavy atom. The Morgan fingerprint density at radius 3 is 0.778 bits per heavy atom. The van der Waals surface area contributed by atoms with Gasteiger partial charge in [-0.15, -0.1) is 0 Å². The van der Waals surface area contributed by atoms with Gasteiger partial charge in [-0.1, -0.05) is 24.3 Å². The maximum atomic E-state index is 9.98. The lowest BCUT2D eigenvalue weighted by atomic mass is 10.0. The molecule has 2 aromatic rings. The van der Waals surface area contributed by atoms with E-state index in [1.807, 2.05) is 6.07 Å². The van der Waals surface area contributed by atoms with Gasteiger partial charge in [-0.25, -0.2) is 0 Å². The third kappa shape index (κ3) is 23.9. The highest BCUT2D eigenvalue weighted by molar-refractivity contribution is 7.01. The molecule has 72 heavy (non-hydrogen) atoms. The van der Waals surface area contributed by atoms with E-state index in [-0.39, 0.29) is 0 Å². The van der Waals surface area contributed by atoms with E-state index < -0.39 is 119 Å². The molecule has 2 aromatic carbocycles. The standard InChI is InChI=1S/C44H96N2O12Si14/c1-59(2,3)47-63(11,12)51-67(19,20)55-71(27,28)57-69(23,24)53-65(15,16)49-61(7,8)43-34-33-40(39-31-32-41(37-45)42(35-39)38-46)36-44(43)62(9,10)50-66(17,18)54-70(25,26)58-72(29,30)56-68(21,22)52-64(13,14)48-60(4,5)6/h31-36H,1-30H3. The molecule has 0 amide bonds. The van der Waals surface area contributed by atoms with Gasteiger partial charge in [0.1, 0.15) is 12.1 Å². The number of hydrogen-bond acceptors (Lipinski definition) is 14. The Morgan fingerprint density at radius 2 is 0.500 bits per heavy atom. The van der Waals surface area contributed by atoms with E-state index in [4.69, 9.17) is 49.4 Å². The average molecular weight is 1240 g/mol. The molecule has 2 rings (SSSR count). The summed E-state index contributed by atoms with van der Waals surface area (Å²) < 4.78 is 83.1. The van der Waals surface area contributed by atoms with Crippen LogP contribution in [0.1, 0.15) is 11.1 Å². The summed E-state index contributed by atoms with van der Waals surface area (Å²) in [4.78, 5) is 0. The zero-order valence-corrected chi connectivity index (χ0v) is 64.3. The summed E-state index contributed by atoms with van der Waals surface area (Å²) >= 11 is 0. The molecule has 0 aliphatic carbocycles. The van der Waals surface area contributed by atoms with Crippen LogP contribution in [0.15, 0.2) is 36.4 Å². The highest BCUT2D eigenvalue weighted by atomic mass is 28.5. The second-order valence-electron chi connectivity index (χ2n) is 26.2. The van der Waals surface area contributed by atoms with E-state index in [0.29, 0.717) is 11.1 Å². The average Bonchev–Trinajstić information content (AvgIpc) is 3.03. The molecule has 0 radical (unpaired) electrons. The predicted molar refractivity (Wildman–Crippen MR) is 330 cm³/mol. The minimum Gasteiger partial charge on any atom is -0.437 e. The van der Waals surface area contributed by atoms with E-state index >= 15 is 0 Å². The molecule has 0 saturated heterocycles. The molecule has 0 aliphatic rings. The topological polar surface area (TPSA) is 158 Å². The van der Waals surface area contributed by atoms with Crippen LogP contribution >= 0.6 is 0 Å². The molecule has 0 heterocycles. The summed E-state index contributed by atoms with van der Waals surface area (Å²) in [5, 5.41) is 21.9. The number of nitrogens with zero attached hydrogens (tertiary/aromatic N) is 2. The molecule has 410 valence electrons. The van der Waals surface area contributed by atoms with Crippen molar-refractivity contribution in [1.82, 2.24) is 0 Å². The predicted octanol–water partition coefficient (Wildman–Crippen LogP) is 12.8. The molecule has 0 spiro atoms. The van der Waals surface area contributed by atoms with E-state index in [1.54, 1.807) is 12.1 Å². The van der Waals surface area contributed by atoms with Crippen LogP contribution in [0.3, 0.4) is 0 Å². The van der Waals surface area contributed by atoms with Crippen molar-refractivity contribution in [1.29, 1.82) is 10.5 Å². The monoisotopic (exact) mass is 1240 g/mol. The van der Waals surface area contributed by atoms with Gasteiger partial charge in [-0.05, 0) is 230 Å². The van der Waals surface area contributed by atoms with E-state index in [0.717, 1.165) is 21.5 Å². The van der Waals surface area contributed by atoms with Crippen molar-refractivity contribution in [3.05, 3.63) is 47.5 Å². The van der Waals surface area contributed by atoms with Crippen LogP contribution in [0.25, 0.3) is 11.1 Å². The van der Waals surface area contributed by atoms with Gasteiger partial charge in [0.05, 0.1) is 11.1 Å². The molecule has 0 saturated carbocycles. The molecule has 0 atom stereocenters. The molecule has 0 bridgehead atoms. The number of hydrogen-bond donors (Lipinski definition) is 0. The van der Waals surface area contributed by atoms with Crippen molar-refractivity contribution in [2.75, 3.05) is 0 Å². The summed E-state index contributed by atoms with van der Waals surface area (Å²) in [5.41, 5.74) is 2.42. The fourth-order valence-electron chi connectivity index (χ4n) is 10.4. The van der Waals surface area contributed by atoms with Gasteiger partial charge in [0.25, 0.3) is 0 Å². The molecule has 0 unspecified atom stereocenters. The van der Waals surface area contributed by atoms with E-state index in [2.05, 4.69) is 227 Å². The smallest absolute Gasteiger partial charge is 0.314 e. The first-order valence-corrected chi connectivity index (χ1v) is 65.9. The first kappa shape index (κ1) is 68.1. The maximum Gasteiger partial charge on any atom is 0.314 e. The molecule has 0 aromatic heterocycles. The molecular weight excluding hydrogens is 1140 g/mol. The van der Waals surface area contributed by atoms with Gasteiger partial charge < -0.3 is 49.4 Å². The van der Waals surface area contributed by atoms with Crippen LogP contribution in [0.5, 0.6) is 0 Å². The third-order valence-electron chi connectivity index (χ3n) is 9.95. The molecule has 0 fully saturated rings. The minimum atomic E-state index is -2.94. The van der Waals surface area contributed by atoms with Crippen molar-refractivity contribution in [3.8, 4) is 23.3 Å². The Hall–Kier alpha value is -0.0236. The van der Waals surface area contributed by atoms with Gasteiger partial charge in [0, 0.05) is 0 Å². The molecule has 14 nitrogen and oxygen atoms in total. The Bertz CT molecular complexity index is 2280. The third-order valence-corrected chi connectivity index (χ3v) is 62.0. The summed E-state index contributed by atoms with van der Waals surface area (Å²) in [7, 11) is -36.6. The first-order chi connectivity index (χ1) is 31.6. The van der Waals surface area contributed by atoms with Crippen LogP contribution in [0.2, 0.25) is 196 Å². The van der Waals surface area contributed by atoms with Gasteiger partial charge in [-0.3, -0.25) is 0 Å². The summed E-state index contributed by atoms with van der Waals surface area (Å²) in [6.07, 6.45) is 0. The number of benzene rings is 2. The van der Waals surface area contributed by atoms with Gasteiger partial charge in [0.15, 0.2) is 16.6 Å². The Balaban J connectivity index is 2.57. The number of nitriles is 2. The highest BCUT2D eigenvalue weighted by Crippen LogP contribution is 2.32. The quantitative estimate of drug-likeness (QED) is 0.0778. The lowest BCUT2D eigenvalue weighted by Crippen LogP contribution is -2.67. The molecule has 28 heteroatoms. The summed E-state index contributed by atoms with van der Waals surface area (Å²) in [5.74, 6) is 0. The second-order valence-corrected chi connectivity index (χ2v) is 79.6. The van der Waals surface area contributed by atoms with Crippen molar-refractivity contribution in [2.24, 2.45) is 0 Å². The largest absolute Gasteiger partial charge is 0.437 e. The normalized spacial score (nSPS) is 14.9. The summed E-state index contributed by atoms with van der Waals surface area (Å²) in [6.45, 7) is 63.8. The van der Waals surface area contributed by atoms with Gasteiger partial charge >= 0.3 is 85.6 Å². The lowest BCUT2D eigenvalue weighted by molar-refractivity contribution is 0.268. The number of rotatable bonds is 27. The minimum absolute atomic E-state index is 0.329. The maximum absolute atomic E-state index is 9.98. The molecular formula is C44H96N2O12Si14. The van der Waals surface area contributed by atoms with Crippen molar-refractivity contribution >= 4 is 129 Å². The van der Waals surface area contributed by atoms with E-state index in [9.17, 15) is 10.5 Å². The van der Waals surface area contributed by atoms with Crippen LogP contribution in [0.4, 0.5) is 0 Å². The molecule has 0 N–H and O–H groups in total. The zero-order chi connectivity index (χ0) is 56.6.